The monoisotopic (exact) mass is 292 g/mol. The zero-order valence-corrected chi connectivity index (χ0v) is 13.9. The molecular weight excluding hydrogens is 264 g/mol. The summed E-state index contributed by atoms with van der Waals surface area (Å²) in [5, 5.41) is 0. The van der Waals surface area contributed by atoms with Crippen LogP contribution in [-0.4, -0.2) is 0 Å². The molecule has 0 heterocycles. The van der Waals surface area contributed by atoms with Gasteiger partial charge in [0.05, 0.1) is 0 Å². The van der Waals surface area contributed by atoms with Crippen molar-refractivity contribution in [2.75, 3.05) is 0 Å². The van der Waals surface area contributed by atoms with Crippen molar-refractivity contribution in [1.82, 2.24) is 0 Å². The van der Waals surface area contributed by atoms with Gasteiger partial charge in [0.1, 0.15) is 0 Å². The Labute approximate surface area is 135 Å². The molecule has 0 fully saturated rings. The van der Waals surface area contributed by atoms with E-state index in [0.29, 0.717) is 0 Å². The van der Waals surface area contributed by atoms with E-state index in [9.17, 15) is 0 Å². The van der Waals surface area contributed by atoms with Crippen molar-refractivity contribution in [3.63, 3.8) is 0 Å². The van der Waals surface area contributed by atoms with E-state index >= 15 is 0 Å². The molecule has 0 nitrogen and oxygen atoms in total. The number of hydrogen-bond donors (Lipinski definition) is 0. The molecule has 22 heavy (non-hydrogen) atoms. The largest absolute Gasteiger partial charge is 0.0654 e. The minimum Gasteiger partial charge on any atom is -0.0654 e. The van der Waals surface area contributed by atoms with Crippen molar-refractivity contribution in [1.29, 1.82) is 0 Å². The topological polar surface area (TPSA) is 0 Å². The minimum atomic E-state index is 1.12. The van der Waals surface area contributed by atoms with Crippen LogP contribution < -0.4 is 0 Å². The van der Waals surface area contributed by atoms with Gasteiger partial charge in [-0.1, -0.05) is 87.9 Å². The third kappa shape index (κ3) is 3.43. The molecule has 0 radical (unpaired) electrons. The van der Waals surface area contributed by atoms with E-state index in [-0.39, 0.29) is 0 Å². The molecule has 1 aliphatic rings. The first-order chi connectivity index (χ1) is 10.9. The van der Waals surface area contributed by atoms with Gasteiger partial charge >= 0.3 is 0 Å². The van der Waals surface area contributed by atoms with E-state index in [1.165, 1.54) is 68.1 Å². The Morgan fingerprint density at radius 2 is 1.45 bits per heavy atom. The van der Waals surface area contributed by atoms with Crippen LogP contribution >= 0.6 is 0 Å². The highest BCUT2D eigenvalue weighted by atomic mass is 14.2. The molecule has 0 heteroatoms. The number of aryl methyl sites for hydroxylation is 1. The summed E-state index contributed by atoms with van der Waals surface area (Å²) in [5.74, 6) is 0. The van der Waals surface area contributed by atoms with Gasteiger partial charge in [0, 0.05) is 0 Å². The first-order valence-corrected chi connectivity index (χ1v) is 9.09. The number of benzene rings is 2. The summed E-state index contributed by atoms with van der Waals surface area (Å²) in [7, 11) is 0. The SMILES string of the molecule is CCCCCCCCCc1cccc2c1-c1ccccc1C2. The molecule has 0 unspecified atom stereocenters. The number of rotatable bonds is 8. The molecule has 0 N–H and O–H groups in total. The van der Waals surface area contributed by atoms with Crippen molar-refractivity contribution in [3.05, 3.63) is 59.2 Å². The maximum atomic E-state index is 2.35. The summed E-state index contributed by atoms with van der Waals surface area (Å²) < 4.78 is 0. The highest BCUT2D eigenvalue weighted by Crippen LogP contribution is 2.39. The van der Waals surface area contributed by atoms with E-state index in [2.05, 4.69) is 49.4 Å². The quantitative estimate of drug-likeness (QED) is 0.413. The van der Waals surface area contributed by atoms with Crippen molar-refractivity contribution in [3.8, 4) is 11.1 Å². The molecule has 0 aliphatic heterocycles. The molecule has 0 aromatic heterocycles. The Morgan fingerprint density at radius 3 is 2.32 bits per heavy atom. The van der Waals surface area contributed by atoms with Gasteiger partial charge < -0.3 is 0 Å². The standard InChI is InChI=1S/C22H28/c1-2-3-4-5-6-7-8-12-18-14-11-15-20-17-19-13-9-10-16-21(19)22(18)20/h9-11,13-16H,2-8,12,17H2,1H3. The van der Waals surface area contributed by atoms with E-state index in [0.717, 1.165) is 6.42 Å². The van der Waals surface area contributed by atoms with Crippen LogP contribution in [0.3, 0.4) is 0 Å². The van der Waals surface area contributed by atoms with Crippen LogP contribution in [0.15, 0.2) is 42.5 Å². The second kappa shape index (κ2) is 7.63. The molecule has 2 aromatic rings. The van der Waals surface area contributed by atoms with Gasteiger partial charge in [0.15, 0.2) is 0 Å². The molecule has 0 bridgehead atoms. The Balaban J connectivity index is 1.59. The average Bonchev–Trinajstić information content (AvgIpc) is 2.93. The van der Waals surface area contributed by atoms with Crippen LogP contribution in [0.5, 0.6) is 0 Å². The predicted molar refractivity (Wildman–Crippen MR) is 96.4 cm³/mol. The summed E-state index contributed by atoms with van der Waals surface area (Å²) in [6.45, 7) is 2.29. The van der Waals surface area contributed by atoms with Gasteiger partial charge in [-0.3, -0.25) is 0 Å². The Bertz CT molecular complexity index is 609. The summed E-state index contributed by atoms with van der Waals surface area (Å²) >= 11 is 0. The molecule has 0 spiro atoms. The lowest BCUT2D eigenvalue weighted by atomic mass is 9.95. The second-order valence-electron chi connectivity index (χ2n) is 6.66. The molecule has 2 aromatic carbocycles. The zero-order chi connectivity index (χ0) is 15.2. The third-order valence-corrected chi connectivity index (χ3v) is 4.95. The molecule has 3 rings (SSSR count). The smallest absolute Gasteiger partial charge is 0.00134 e. The van der Waals surface area contributed by atoms with Gasteiger partial charge in [0.2, 0.25) is 0 Å². The van der Waals surface area contributed by atoms with E-state index in [4.69, 9.17) is 0 Å². The molecular formula is C22H28. The van der Waals surface area contributed by atoms with Gasteiger partial charge in [-0.2, -0.15) is 0 Å². The average molecular weight is 292 g/mol. The molecule has 1 aliphatic carbocycles. The lowest BCUT2D eigenvalue weighted by Crippen LogP contribution is -1.91. The molecule has 0 saturated carbocycles. The predicted octanol–water partition coefficient (Wildman–Crippen LogP) is 6.55. The molecule has 0 saturated heterocycles. The van der Waals surface area contributed by atoms with E-state index < -0.39 is 0 Å². The minimum absolute atomic E-state index is 1.12. The highest BCUT2D eigenvalue weighted by Gasteiger charge is 2.20. The Hall–Kier alpha value is -1.56. The number of fused-ring (bicyclic) bond motifs is 3. The summed E-state index contributed by atoms with van der Waals surface area (Å²) in [6, 6.07) is 15.8. The third-order valence-electron chi connectivity index (χ3n) is 4.95. The highest BCUT2D eigenvalue weighted by molar-refractivity contribution is 5.79. The van der Waals surface area contributed by atoms with Gasteiger partial charge in [-0.15, -0.1) is 0 Å². The molecule has 116 valence electrons. The van der Waals surface area contributed by atoms with Crippen LogP contribution in [0.4, 0.5) is 0 Å². The van der Waals surface area contributed by atoms with Crippen LogP contribution in [-0.2, 0) is 12.8 Å². The maximum Gasteiger partial charge on any atom is -0.00134 e. The fourth-order valence-corrected chi connectivity index (χ4v) is 3.75. The summed E-state index contributed by atoms with van der Waals surface area (Å²) in [4.78, 5) is 0. The first-order valence-electron chi connectivity index (χ1n) is 9.09. The van der Waals surface area contributed by atoms with Crippen LogP contribution in [0.1, 0.15) is 68.6 Å². The summed E-state index contributed by atoms with van der Waals surface area (Å²) in [6.07, 6.45) is 12.1. The Morgan fingerprint density at radius 1 is 0.727 bits per heavy atom. The fourth-order valence-electron chi connectivity index (χ4n) is 3.75. The molecule has 0 atom stereocenters. The van der Waals surface area contributed by atoms with Gasteiger partial charge in [-0.05, 0) is 47.1 Å². The lowest BCUT2D eigenvalue weighted by Gasteiger charge is -2.09. The molecule has 0 amide bonds. The van der Waals surface area contributed by atoms with E-state index in [1.807, 2.05) is 0 Å². The van der Waals surface area contributed by atoms with Gasteiger partial charge in [-0.25, -0.2) is 0 Å². The Kier molecular flexibility index (Phi) is 5.32. The van der Waals surface area contributed by atoms with Crippen LogP contribution in [0, 0.1) is 0 Å². The van der Waals surface area contributed by atoms with Gasteiger partial charge in [0.25, 0.3) is 0 Å². The second-order valence-corrected chi connectivity index (χ2v) is 6.66. The zero-order valence-electron chi connectivity index (χ0n) is 13.9. The van der Waals surface area contributed by atoms with Crippen LogP contribution in [0.25, 0.3) is 11.1 Å². The van der Waals surface area contributed by atoms with E-state index in [1.54, 1.807) is 11.1 Å². The lowest BCUT2D eigenvalue weighted by molar-refractivity contribution is 0.589. The maximum absolute atomic E-state index is 2.35. The fraction of sp³-hybridized carbons (Fsp3) is 0.455. The normalized spacial score (nSPS) is 12.2. The van der Waals surface area contributed by atoms with Crippen molar-refractivity contribution < 1.29 is 0 Å². The van der Waals surface area contributed by atoms with Crippen molar-refractivity contribution in [2.45, 2.75) is 64.7 Å². The van der Waals surface area contributed by atoms with Crippen molar-refractivity contribution >= 4 is 0 Å². The van der Waals surface area contributed by atoms with Crippen molar-refractivity contribution in [2.24, 2.45) is 0 Å². The first kappa shape index (κ1) is 15.3. The number of hydrogen-bond acceptors (Lipinski definition) is 0. The summed E-state index contributed by atoms with van der Waals surface area (Å²) in [5.41, 5.74) is 7.63. The number of unbranched alkanes of at least 4 members (excludes halogenated alkanes) is 6. The van der Waals surface area contributed by atoms with Crippen LogP contribution in [0.2, 0.25) is 0 Å².